The topological polar surface area (TPSA) is 35.5 Å². The molecule has 0 aliphatic rings. The molecule has 0 aliphatic carbocycles. The van der Waals surface area contributed by atoms with Gasteiger partial charge in [-0.1, -0.05) is 45.0 Å². The van der Waals surface area contributed by atoms with E-state index in [0.29, 0.717) is 6.42 Å². The molecule has 1 rings (SSSR count). The van der Waals surface area contributed by atoms with Crippen molar-refractivity contribution in [1.82, 2.24) is 0 Å². The van der Waals surface area contributed by atoms with Gasteiger partial charge in [-0.25, -0.2) is 4.79 Å². The van der Waals surface area contributed by atoms with Crippen molar-refractivity contribution in [2.24, 2.45) is 0 Å². The molecule has 0 saturated carbocycles. The van der Waals surface area contributed by atoms with Crippen LogP contribution in [0.5, 0.6) is 5.75 Å². The van der Waals surface area contributed by atoms with Gasteiger partial charge in [0.25, 0.3) is 0 Å². The summed E-state index contributed by atoms with van der Waals surface area (Å²) in [6, 6.07) is 8.00. The number of benzene rings is 1. The maximum absolute atomic E-state index is 11.1. The van der Waals surface area contributed by atoms with Gasteiger partial charge in [0.1, 0.15) is 5.75 Å². The van der Waals surface area contributed by atoms with Crippen LogP contribution in [0.15, 0.2) is 36.4 Å². The zero-order valence-corrected chi connectivity index (χ0v) is 14.9. The molecule has 0 radical (unpaired) electrons. The third-order valence-electron chi connectivity index (χ3n) is 3.94. The van der Waals surface area contributed by atoms with Crippen molar-refractivity contribution in [3.05, 3.63) is 42.0 Å². The first-order valence-corrected chi connectivity index (χ1v) is 10.1. The first-order chi connectivity index (χ1) is 9.67. The number of ether oxygens (including phenoxy) is 1. The van der Waals surface area contributed by atoms with Crippen LogP contribution in [0, 0.1) is 0 Å². The van der Waals surface area contributed by atoms with Gasteiger partial charge >= 0.3 is 5.97 Å². The van der Waals surface area contributed by atoms with E-state index in [1.54, 1.807) is 6.08 Å². The molecule has 4 heteroatoms. The van der Waals surface area contributed by atoms with Crippen molar-refractivity contribution in [3.8, 4) is 5.75 Å². The summed E-state index contributed by atoms with van der Waals surface area (Å²) < 4.78 is 11.0. The Bertz CT molecular complexity index is 513. The number of esters is 1. The fourth-order valence-electron chi connectivity index (χ4n) is 1.55. The maximum atomic E-state index is 11.1. The molecule has 0 bridgehead atoms. The lowest BCUT2D eigenvalue weighted by Crippen LogP contribution is -2.44. The van der Waals surface area contributed by atoms with Crippen molar-refractivity contribution in [1.29, 1.82) is 0 Å². The SMILES string of the molecule is COC(=O)/C=C/Cc1ccccc1O[Si](C)(C)C(C)(C)C. The van der Waals surface area contributed by atoms with Crippen molar-refractivity contribution >= 4 is 14.3 Å². The Morgan fingerprint density at radius 3 is 2.43 bits per heavy atom. The smallest absolute Gasteiger partial charge is 0.330 e. The van der Waals surface area contributed by atoms with Crippen molar-refractivity contribution in [2.75, 3.05) is 7.11 Å². The molecule has 0 spiro atoms. The van der Waals surface area contributed by atoms with Gasteiger partial charge in [-0.3, -0.25) is 0 Å². The molecule has 0 N–H and O–H groups in total. The first-order valence-electron chi connectivity index (χ1n) is 7.19. The Morgan fingerprint density at radius 1 is 1.24 bits per heavy atom. The molecule has 0 saturated heterocycles. The predicted octanol–water partition coefficient (Wildman–Crippen LogP) is 4.34. The first kappa shape index (κ1) is 17.5. The van der Waals surface area contributed by atoms with Gasteiger partial charge in [0.05, 0.1) is 7.11 Å². The number of hydrogen-bond donors (Lipinski definition) is 0. The summed E-state index contributed by atoms with van der Waals surface area (Å²) in [4.78, 5) is 11.1. The average Bonchev–Trinajstić information content (AvgIpc) is 2.38. The van der Waals surface area contributed by atoms with E-state index in [-0.39, 0.29) is 11.0 Å². The largest absolute Gasteiger partial charge is 0.543 e. The molecule has 0 unspecified atom stereocenters. The van der Waals surface area contributed by atoms with Gasteiger partial charge in [0.15, 0.2) is 0 Å². The zero-order chi connectivity index (χ0) is 16.1. The predicted molar refractivity (Wildman–Crippen MR) is 89.1 cm³/mol. The standard InChI is InChI=1S/C17H26O3Si/c1-17(2,3)21(5,6)20-15-12-8-7-10-14(15)11-9-13-16(18)19-4/h7-10,12-13H,11H2,1-6H3/b13-9+. The lowest BCUT2D eigenvalue weighted by Gasteiger charge is -2.37. The molecular formula is C17H26O3Si. The Hall–Kier alpha value is -1.55. The zero-order valence-electron chi connectivity index (χ0n) is 13.9. The summed E-state index contributed by atoms with van der Waals surface area (Å²) in [5, 5.41) is 0.155. The fraction of sp³-hybridized carbons (Fsp3) is 0.471. The molecule has 0 amide bonds. The number of hydrogen-bond acceptors (Lipinski definition) is 3. The molecule has 116 valence electrons. The molecular weight excluding hydrogens is 280 g/mol. The number of carbonyl (C=O) groups excluding carboxylic acids is 1. The second kappa shape index (κ2) is 6.94. The highest BCUT2D eigenvalue weighted by molar-refractivity contribution is 6.74. The second-order valence-corrected chi connectivity index (χ2v) is 11.3. The van der Waals surface area contributed by atoms with Crippen LogP contribution in [-0.2, 0) is 16.0 Å². The van der Waals surface area contributed by atoms with Gasteiger partial charge in [-0.05, 0) is 36.2 Å². The normalized spacial score (nSPS) is 12.5. The fourth-order valence-corrected chi connectivity index (χ4v) is 2.61. The highest BCUT2D eigenvalue weighted by atomic mass is 28.4. The van der Waals surface area contributed by atoms with Gasteiger partial charge in [0, 0.05) is 6.08 Å². The molecule has 0 aliphatic heterocycles. The molecule has 3 nitrogen and oxygen atoms in total. The van der Waals surface area contributed by atoms with E-state index in [9.17, 15) is 4.79 Å². The van der Waals surface area contributed by atoms with E-state index in [1.165, 1.54) is 13.2 Å². The summed E-state index contributed by atoms with van der Waals surface area (Å²) in [7, 11) is -0.485. The number of para-hydroxylation sites is 1. The van der Waals surface area contributed by atoms with Crippen LogP contribution in [0.1, 0.15) is 26.3 Å². The Labute approximate surface area is 129 Å². The summed E-state index contributed by atoms with van der Waals surface area (Å²) in [6.07, 6.45) is 3.91. The van der Waals surface area contributed by atoms with E-state index in [4.69, 9.17) is 4.43 Å². The maximum Gasteiger partial charge on any atom is 0.330 e. The van der Waals surface area contributed by atoms with Crippen molar-refractivity contribution in [2.45, 2.75) is 45.3 Å². The van der Waals surface area contributed by atoms with Crippen LogP contribution >= 0.6 is 0 Å². The molecule has 0 aromatic heterocycles. The molecule has 1 aromatic rings. The van der Waals surface area contributed by atoms with Gasteiger partial charge < -0.3 is 9.16 Å². The van der Waals surface area contributed by atoms with Gasteiger partial charge in [-0.15, -0.1) is 0 Å². The second-order valence-electron chi connectivity index (χ2n) is 6.60. The van der Waals surface area contributed by atoms with Gasteiger partial charge in [-0.2, -0.15) is 0 Å². The molecule has 21 heavy (non-hydrogen) atoms. The lowest BCUT2D eigenvalue weighted by atomic mass is 10.1. The lowest BCUT2D eigenvalue weighted by molar-refractivity contribution is -0.134. The van der Waals surface area contributed by atoms with Crippen LogP contribution < -0.4 is 4.43 Å². The summed E-state index contributed by atoms with van der Waals surface area (Å²) in [5.74, 6) is 0.580. The minimum Gasteiger partial charge on any atom is -0.543 e. The third kappa shape index (κ3) is 5.05. The molecule has 0 fully saturated rings. The van der Waals surface area contributed by atoms with Crippen molar-refractivity contribution < 1.29 is 14.0 Å². The van der Waals surface area contributed by atoms with Gasteiger partial charge in [0.2, 0.25) is 8.32 Å². The molecule has 1 aromatic carbocycles. The molecule has 0 atom stereocenters. The van der Waals surface area contributed by atoms with E-state index >= 15 is 0 Å². The van der Waals surface area contributed by atoms with Crippen LogP contribution in [-0.4, -0.2) is 21.4 Å². The van der Waals surface area contributed by atoms with Crippen LogP contribution in [0.25, 0.3) is 0 Å². The summed E-state index contributed by atoms with van der Waals surface area (Å²) in [5.41, 5.74) is 1.09. The highest BCUT2D eigenvalue weighted by Gasteiger charge is 2.39. The highest BCUT2D eigenvalue weighted by Crippen LogP contribution is 2.38. The quantitative estimate of drug-likeness (QED) is 0.461. The van der Waals surface area contributed by atoms with Crippen LogP contribution in [0.3, 0.4) is 0 Å². The van der Waals surface area contributed by atoms with Crippen molar-refractivity contribution in [3.63, 3.8) is 0 Å². The Morgan fingerprint density at radius 2 is 1.86 bits per heavy atom. The summed E-state index contributed by atoms with van der Waals surface area (Å²) in [6.45, 7) is 11.1. The van der Waals surface area contributed by atoms with E-state index in [0.717, 1.165) is 11.3 Å². The third-order valence-corrected chi connectivity index (χ3v) is 8.28. The number of allylic oxidation sites excluding steroid dienone is 1. The van der Waals surface area contributed by atoms with Crippen LogP contribution in [0.4, 0.5) is 0 Å². The monoisotopic (exact) mass is 306 g/mol. The number of methoxy groups -OCH3 is 1. The minimum atomic E-state index is -1.86. The minimum absolute atomic E-state index is 0.155. The van der Waals surface area contributed by atoms with E-state index in [1.807, 2.05) is 24.3 Å². The van der Waals surface area contributed by atoms with Crippen LogP contribution in [0.2, 0.25) is 18.1 Å². The molecule has 0 heterocycles. The van der Waals surface area contributed by atoms with E-state index in [2.05, 4.69) is 38.6 Å². The average molecular weight is 306 g/mol. The number of carbonyl (C=O) groups is 1. The number of rotatable bonds is 5. The Kier molecular flexibility index (Phi) is 5.78. The summed E-state index contributed by atoms with van der Waals surface area (Å²) >= 11 is 0. The Balaban J connectivity index is 2.90. The van der Waals surface area contributed by atoms with E-state index < -0.39 is 8.32 Å².